The number of aromatic hydroxyl groups is 1. The number of piperazine rings is 1. The molecule has 3 aromatic carbocycles. The van der Waals surface area contributed by atoms with E-state index in [1.165, 1.54) is 12.1 Å². The number of unbranched alkanes of at least 4 members (excludes halogenated alkanes) is 1. The quantitative estimate of drug-likeness (QED) is 0.0840. The van der Waals surface area contributed by atoms with Crippen LogP contribution in [0.25, 0.3) is 0 Å². The summed E-state index contributed by atoms with van der Waals surface area (Å²) in [6, 6.07) is 19.6. The van der Waals surface area contributed by atoms with E-state index < -0.39 is 29.7 Å². The van der Waals surface area contributed by atoms with Crippen molar-refractivity contribution in [2.45, 2.75) is 63.1 Å². The molecule has 5 amide bonds. The number of ketones is 1. The normalized spacial score (nSPS) is 20.7. The molecule has 13 heteroatoms. The summed E-state index contributed by atoms with van der Waals surface area (Å²) >= 11 is 0. The van der Waals surface area contributed by atoms with E-state index in [0.717, 1.165) is 48.5 Å². The van der Waals surface area contributed by atoms with Crippen molar-refractivity contribution in [1.29, 1.82) is 0 Å². The molecule has 2 bridgehead atoms. The third-order valence-corrected chi connectivity index (χ3v) is 10.5. The molecule has 0 spiro atoms. The van der Waals surface area contributed by atoms with Gasteiger partial charge in [0.25, 0.3) is 11.8 Å². The van der Waals surface area contributed by atoms with Crippen molar-refractivity contribution in [1.82, 2.24) is 20.4 Å². The molecule has 7 rings (SSSR count). The number of carbonyl (C=O) groups excluding carboxylic acids is 6. The van der Waals surface area contributed by atoms with Crippen LogP contribution >= 0.6 is 0 Å². The Balaban J connectivity index is 0.785. The van der Waals surface area contributed by atoms with Gasteiger partial charge in [-0.2, -0.15) is 0 Å². The number of phenolic OH excluding ortho intramolecular Hbond substituents is 1. The number of hydrogen-bond acceptors (Lipinski definition) is 10. The predicted octanol–water partition coefficient (Wildman–Crippen LogP) is 3.39. The first-order valence-corrected chi connectivity index (χ1v) is 18.1. The maximum absolute atomic E-state index is 13.0. The molecule has 0 aliphatic carbocycles. The number of para-hydroxylation sites is 1. The van der Waals surface area contributed by atoms with E-state index in [1.54, 1.807) is 36.4 Å². The van der Waals surface area contributed by atoms with Crippen LogP contribution in [0.2, 0.25) is 0 Å². The van der Waals surface area contributed by atoms with E-state index in [1.807, 2.05) is 6.20 Å². The summed E-state index contributed by atoms with van der Waals surface area (Å²) in [5.74, 6) is -2.35. The smallest absolute Gasteiger partial charge is 0.262 e. The zero-order chi connectivity index (χ0) is 37.1. The fourth-order valence-electron chi connectivity index (χ4n) is 7.62. The van der Waals surface area contributed by atoms with Gasteiger partial charge in [-0.1, -0.05) is 24.3 Å². The highest BCUT2D eigenvalue weighted by Gasteiger charge is 2.45. The topological polar surface area (TPSA) is 168 Å². The number of hydrogen-bond donors (Lipinski definition) is 4. The van der Waals surface area contributed by atoms with Crippen LogP contribution in [0.4, 0.5) is 11.4 Å². The summed E-state index contributed by atoms with van der Waals surface area (Å²) in [5.41, 5.74) is 3.70. The van der Waals surface area contributed by atoms with E-state index in [-0.39, 0.29) is 41.4 Å². The fraction of sp³-hybridized carbons (Fsp3) is 0.350. The second kappa shape index (κ2) is 15.3. The minimum absolute atomic E-state index is 0.00429. The average molecular weight is 719 g/mol. The lowest BCUT2D eigenvalue weighted by Gasteiger charge is -2.35. The van der Waals surface area contributed by atoms with Crippen LogP contribution in [0.5, 0.6) is 5.75 Å². The fourth-order valence-corrected chi connectivity index (χ4v) is 7.62. The first kappa shape index (κ1) is 35.4. The van der Waals surface area contributed by atoms with Gasteiger partial charge in [0.15, 0.2) is 5.78 Å². The lowest BCUT2D eigenvalue weighted by Crippen LogP contribution is -2.54. The van der Waals surface area contributed by atoms with Gasteiger partial charge < -0.3 is 25.5 Å². The molecule has 4 aliphatic rings. The van der Waals surface area contributed by atoms with Crippen LogP contribution in [0.1, 0.15) is 75.2 Å². The van der Waals surface area contributed by atoms with Crippen LogP contribution in [0.3, 0.4) is 0 Å². The SMILES string of the molecule is O=C(CCc1ccc(N2C[C@@H]3C[C@H]2CN3/C=C/C(=O)c2ccccc2O)cc1)NCCCCNc1ccc2c(c1)C(=O)N(C1CCC(=O)NC1=O)C2=O. The maximum atomic E-state index is 13.0. The molecule has 3 fully saturated rings. The highest BCUT2D eigenvalue weighted by atomic mass is 16.3. The van der Waals surface area contributed by atoms with Crippen molar-refractivity contribution in [3.63, 3.8) is 0 Å². The zero-order valence-electron chi connectivity index (χ0n) is 29.3. The number of anilines is 2. The Bertz CT molecular complexity index is 1980. The largest absolute Gasteiger partial charge is 0.507 e. The van der Waals surface area contributed by atoms with Gasteiger partial charge >= 0.3 is 0 Å². The molecule has 4 N–H and O–H groups in total. The Hall–Kier alpha value is -5.98. The number of imide groups is 2. The van der Waals surface area contributed by atoms with Crippen molar-refractivity contribution >= 4 is 46.7 Å². The minimum Gasteiger partial charge on any atom is -0.507 e. The molecule has 1 unspecified atom stereocenters. The van der Waals surface area contributed by atoms with Crippen LogP contribution in [0.15, 0.2) is 79.0 Å². The van der Waals surface area contributed by atoms with E-state index in [9.17, 15) is 33.9 Å². The minimum atomic E-state index is -0.996. The molecule has 13 nitrogen and oxygen atoms in total. The number of fused-ring (bicyclic) bond motifs is 3. The summed E-state index contributed by atoms with van der Waals surface area (Å²) in [4.78, 5) is 80.3. The summed E-state index contributed by atoms with van der Waals surface area (Å²) in [7, 11) is 0. The molecular weight excluding hydrogens is 676 g/mol. The number of piperidine rings is 1. The molecule has 3 atom stereocenters. The van der Waals surface area contributed by atoms with Crippen molar-refractivity contribution in [2.24, 2.45) is 0 Å². The molecule has 0 saturated carbocycles. The van der Waals surface area contributed by atoms with E-state index in [0.29, 0.717) is 49.3 Å². The molecule has 0 radical (unpaired) electrons. The average Bonchev–Trinajstić information content (AvgIpc) is 3.83. The Labute approximate surface area is 307 Å². The third kappa shape index (κ3) is 7.64. The lowest BCUT2D eigenvalue weighted by molar-refractivity contribution is -0.136. The number of phenols is 1. The van der Waals surface area contributed by atoms with E-state index in [4.69, 9.17) is 0 Å². The number of aryl methyl sites for hydroxylation is 1. The van der Waals surface area contributed by atoms with Gasteiger partial charge in [0.05, 0.1) is 16.7 Å². The molecular formula is C40H42N6O7. The summed E-state index contributed by atoms with van der Waals surface area (Å²) < 4.78 is 0. The van der Waals surface area contributed by atoms with Crippen LogP contribution in [-0.2, 0) is 20.8 Å². The summed E-state index contributed by atoms with van der Waals surface area (Å²) in [6.07, 6.45) is 7.18. The first-order chi connectivity index (χ1) is 25.7. The Morgan fingerprint density at radius 3 is 2.42 bits per heavy atom. The summed E-state index contributed by atoms with van der Waals surface area (Å²) in [6.45, 7) is 2.85. The van der Waals surface area contributed by atoms with E-state index in [2.05, 4.69) is 50.0 Å². The number of likely N-dealkylation sites (tertiary alicyclic amines) is 1. The van der Waals surface area contributed by atoms with Crippen molar-refractivity contribution in [3.8, 4) is 5.75 Å². The monoisotopic (exact) mass is 718 g/mol. The molecule has 3 saturated heterocycles. The number of amides is 5. The molecule has 53 heavy (non-hydrogen) atoms. The number of benzene rings is 3. The van der Waals surface area contributed by atoms with Gasteiger partial charge in [-0.25, -0.2) is 0 Å². The highest BCUT2D eigenvalue weighted by Crippen LogP contribution is 2.35. The van der Waals surface area contributed by atoms with Gasteiger partial charge in [0.1, 0.15) is 11.8 Å². The second-order valence-corrected chi connectivity index (χ2v) is 13.9. The van der Waals surface area contributed by atoms with Crippen molar-refractivity contribution in [3.05, 3.63) is 101 Å². The standard InChI is InChI=1S/C40H42N6O7/c47-34-6-2-1-5-31(34)35(48)17-20-44-23-29-22-28(44)24-45(29)27-11-7-25(8-12-27)9-15-36(49)42-19-4-3-18-41-26-10-13-30-32(21-26)40(53)46(39(30)52)33-14-16-37(50)43-38(33)51/h1-2,5-8,10-13,17,20-21,28-29,33,41,47H,3-4,9,14-16,18-19,22-24H2,(H,42,49)(H,43,50,51)/b20-17+/t28-,29-,33?/m0/s1. The number of rotatable bonds is 14. The second-order valence-electron chi connectivity index (χ2n) is 13.9. The van der Waals surface area contributed by atoms with Crippen LogP contribution in [0, 0.1) is 0 Å². The van der Waals surface area contributed by atoms with Gasteiger partial charge in [0, 0.05) is 74.8 Å². The first-order valence-electron chi connectivity index (χ1n) is 18.1. The molecule has 4 aliphatic heterocycles. The van der Waals surface area contributed by atoms with Gasteiger partial charge in [-0.05, 0) is 80.1 Å². The molecule has 4 heterocycles. The number of allylic oxidation sites excluding steroid dienone is 1. The maximum Gasteiger partial charge on any atom is 0.262 e. The zero-order valence-corrected chi connectivity index (χ0v) is 29.3. The number of nitrogens with zero attached hydrogens (tertiary/aromatic N) is 3. The molecule has 3 aromatic rings. The highest BCUT2D eigenvalue weighted by molar-refractivity contribution is 6.23. The Morgan fingerprint density at radius 1 is 0.887 bits per heavy atom. The van der Waals surface area contributed by atoms with Crippen LogP contribution < -0.4 is 20.9 Å². The predicted molar refractivity (Wildman–Crippen MR) is 196 cm³/mol. The number of nitrogens with one attached hydrogen (secondary N) is 3. The number of carbonyl (C=O) groups is 6. The van der Waals surface area contributed by atoms with Crippen molar-refractivity contribution < 1.29 is 33.9 Å². The van der Waals surface area contributed by atoms with Crippen LogP contribution in [-0.4, -0.2) is 94.5 Å². The third-order valence-electron chi connectivity index (χ3n) is 10.5. The van der Waals surface area contributed by atoms with Gasteiger partial charge in [0.2, 0.25) is 17.7 Å². The lowest BCUT2D eigenvalue weighted by atomic mass is 10.0. The Kier molecular flexibility index (Phi) is 10.2. The van der Waals surface area contributed by atoms with E-state index >= 15 is 0 Å². The molecule has 274 valence electrons. The van der Waals surface area contributed by atoms with Gasteiger partial charge in [-0.15, -0.1) is 0 Å². The Morgan fingerprint density at radius 2 is 1.66 bits per heavy atom. The summed E-state index contributed by atoms with van der Waals surface area (Å²) in [5, 5.41) is 18.4. The van der Waals surface area contributed by atoms with Gasteiger partial charge in [-0.3, -0.25) is 39.0 Å². The molecule has 0 aromatic heterocycles. The van der Waals surface area contributed by atoms with Crippen molar-refractivity contribution in [2.75, 3.05) is 36.4 Å².